The van der Waals surface area contributed by atoms with E-state index < -0.39 is 5.41 Å². The van der Waals surface area contributed by atoms with Gasteiger partial charge in [-0.15, -0.1) is 0 Å². The number of aromatic nitrogens is 1. The molecule has 1 aliphatic rings. The summed E-state index contributed by atoms with van der Waals surface area (Å²) in [6.45, 7) is 4.09. The van der Waals surface area contributed by atoms with E-state index in [0.717, 1.165) is 39.7 Å². The first kappa shape index (κ1) is 16.3. The fourth-order valence-electron chi connectivity index (χ4n) is 3.08. The molecule has 0 spiro atoms. The predicted octanol–water partition coefficient (Wildman–Crippen LogP) is 5.38. The van der Waals surface area contributed by atoms with Gasteiger partial charge < -0.3 is 9.73 Å². The molecule has 5 heteroatoms. The number of hydrogen-bond acceptors (Lipinski definition) is 3. The lowest BCUT2D eigenvalue weighted by Gasteiger charge is -2.16. The first-order valence-corrected chi connectivity index (χ1v) is 9.25. The lowest BCUT2D eigenvalue weighted by molar-refractivity contribution is -0.118. The maximum Gasteiger partial charge on any atom is 0.235 e. The van der Waals surface area contributed by atoms with Gasteiger partial charge in [0.15, 0.2) is 11.5 Å². The van der Waals surface area contributed by atoms with Crippen molar-refractivity contribution in [3.05, 3.63) is 58.4 Å². The number of nitrogens with one attached hydrogen (secondary N) is 1. The van der Waals surface area contributed by atoms with Crippen molar-refractivity contribution >= 4 is 38.6 Å². The van der Waals surface area contributed by atoms with Crippen molar-refractivity contribution in [1.29, 1.82) is 0 Å². The van der Waals surface area contributed by atoms with Gasteiger partial charge in [0.25, 0.3) is 0 Å². The summed E-state index contributed by atoms with van der Waals surface area (Å²) >= 11 is 3.49. The van der Waals surface area contributed by atoms with Gasteiger partial charge in [-0.25, -0.2) is 4.98 Å². The zero-order valence-electron chi connectivity index (χ0n) is 14.2. The quantitative estimate of drug-likeness (QED) is 0.641. The maximum atomic E-state index is 12.9. The van der Waals surface area contributed by atoms with Crippen LogP contribution < -0.4 is 5.32 Å². The van der Waals surface area contributed by atoms with E-state index in [-0.39, 0.29) is 11.8 Å². The average Bonchev–Trinajstić information content (AvgIpc) is 3.28. The monoisotopic (exact) mass is 398 g/mol. The van der Waals surface area contributed by atoms with Crippen LogP contribution in [0.25, 0.3) is 11.1 Å². The van der Waals surface area contributed by atoms with Gasteiger partial charge in [0.05, 0.1) is 5.41 Å². The molecular formula is C20H19BrN2O2. The van der Waals surface area contributed by atoms with E-state index in [2.05, 4.69) is 26.2 Å². The van der Waals surface area contributed by atoms with E-state index in [9.17, 15) is 4.79 Å². The third kappa shape index (κ3) is 2.97. The van der Waals surface area contributed by atoms with Crippen molar-refractivity contribution in [1.82, 2.24) is 4.98 Å². The fourth-order valence-corrected chi connectivity index (χ4v) is 3.48. The van der Waals surface area contributed by atoms with Crippen molar-refractivity contribution in [3.63, 3.8) is 0 Å². The Morgan fingerprint density at radius 3 is 2.72 bits per heavy atom. The molecule has 1 heterocycles. The Balaban J connectivity index is 1.59. The van der Waals surface area contributed by atoms with Crippen molar-refractivity contribution in [2.24, 2.45) is 0 Å². The molecule has 1 N–H and O–H groups in total. The number of carbonyl (C=O) groups is 1. The predicted molar refractivity (Wildman–Crippen MR) is 102 cm³/mol. The van der Waals surface area contributed by atoms with Gasteiger partial charge in [-0.05, 0) is 48.7 Å². The van der Waals surface area contributed by atoms with Crippen LogP contribution >= 0.6 is 15.9 Å². The first-order chi connectivity index (χ1) is 12.0. The summed E-state index contributed by atoms with van der Waals surface area (Å²) in [4.78, 5) is 17.4. The summed E-state index contributed by atoms with van der Waals surface area (Å²) in [5, 5.41) is 3.06. The molecule has 4 rings (SSSR count). The van der Waals surface area contributed by atoms with Gasteiger partial charge in [0.2, 0.25) is 5.91 Å². The van der Waals surface area contributed by atoms with Gasteiger partial charge in [-0.3, -0.25) is 4.79 Å². The number of fused-ring (bicyclic) bond motifs is 1. The highest BCUT2D eigenvalue weighted by Crippen LogP contribution is 2.49. The molecule has 0 unspecified atom stereocenters. The van der Waals surface area contributed by atoms with Crippen LogP contribution in [0.3, 0.4) is 0 Å². The molecule has 25 heavy (non-hydrogen) atoms. The largest absolute Gasteiger partial charge is 0.440 e. The normalized spacial score (nSPS) is 15.5. The standard InChI is InChI=1S/C20H19BrN2O2/c1-12(2)18-23-16-11-15(6-7-17(16)25-18)22-19(24)20(8-9-20)13-4-3-5-14(21)10-13/h3-7,10-12H,8-9H2,1-2H3,(H,22,24). The highest BCUT2D eigenvalue weighted by atomic mass is 79.9. The van der Waals surface area contributed by atoms with E-state index in [1.165, 1.54) is 0 Å². The number of amides is 1. The van der Waals surface area contributed by atoms with Gasteiger partial charge in [0.1, 0.15) is 5.52 Å². The zero-order valence-corrected chi connectivity index (χ0v) is 15.8. The van der Waals surface area contributed by atoms with Gasteiger partial charge >= 0.3 is 0 Å². The first-order valence-electron chi connectivity index (χ1n) is 8.46. The van der Waals surface area contributed by atoms with Gasteiger partial charge in [-0.1, -0.05) is 41.9 Å². The number of hydrogen-bond donors (Lipinski definition) is 1. The van der Waals surface area contributed by atoms with Crippen LogP contribution in [0.5, 0.6) is 0 Å². The summed E-state index contributed by atoms with van der Waals surface area (Å²) in [7, 11) is 0. The number of carbonyl (C=O) groups excluding carboxylic acids is 1. The lowest BCUT2D eigenvalue weighted by atomic mass is 9.95. The van der Waals surface area contributed by atoms with Crippen LogP contribution in [0, 0.1) is 0 Å². The Kier molecular flexibility index (Phi) is 3.91. The summed E-state index contributed by atoms with van der Waals surface area (Å²) in [6.07, 6.45) is 1.75. The molecule has 0 radical (unpaired) electrons. The zero-order chi connectivity index (χ0) is 17.6. The Hall–Kier alpha value is -2.14. The molecule has 3 aromatic rings. The number of halogens is 1. The van der Waals surface area contributed by atoms with E-state index in [1.54, 1.807) is 0 Å². The second-order valence-corrected chi connectivity index (χ2v) is 7.85. The summed E-state index contributed by atoms with van der Waals surface area (Å²) < 4.78 is 6.72. The molecule has 4 nitrogen and oxygen atoms in total. The SMILES string of the molecule is CC(C)c1nc2cc(NC(=O)C3(c4cccc(Br)c4)CC3)ccc2o1. The number of nitrogens with zero attached hydrogens (tertiary/aromatic N) is 1. The van der Waals surface area contributed by atoms with Crippen molar-refractivity contribution in [2.45, 2.75) is 38.0 Å². The Bertz CT molecular complexity index is 957. The fraction of sp³-hybridized carbons (Fsp3) is 0.300. The number of anilines is 1. The minimum absolute atomic E-state index is 0.0394. The number of rotatable bonds is 4. The highest BCUT2D eigenvalue weighted by Gasteiger charge is 2.51. The van der Waals surface area contributed by atoms with Crippen molar-refractivity contribution < 1.29 is 9.21 Å². The summed E-state index contributed by atoms with van der Waals surface area (Å²) in [5.41, 5.74) is 2.92. The topological polar surface area (TPSA) is 55.1 Å². The summed E-state index contributed by atoms with van der Waals surface area (Å²) in [5.74, 6) is 0.987. The molecule has 1 saturated carbocycles. The minimum Gasteiger partial charge on any atom is -0.440 e. The van der Waals surface area contributed by atoms with Crippen LogP contribution in [-0.4, -0.2) is 10.9 Å². The molecule has 1 aliphatic carbocycles. The minimum atomic E-state index is -0.411. The van der Waals surface area contributed by atoms with Crippen LogP contribution in [0.2, 0.25) is 0 Å². The summed E-state index contributed by atoms with van der Waals surface area (Å²) in [6, 6.07) is 13.6. The Labute approximate surface area is 154 Å². The van der Waals surface area contributed by atoms with E-state index in [0.29, 0.717) is 5.89 Å². The molecule has 0 aliphatic heterocycles. The molecule has 1 amide bonds. The van der Waals surface area contributed by atoms with Gasteiger partial charge in [0, 0.05) is 16.1 Å². The van der Waals surface area contributed by atoms with Crippen LogP contribution in [0.4, 0.5) is 5.69 Å². The molecule has 1 fully saturated rings. The molecule has 0 atom stereocenters. The average molecular weight is 399 g/mol. The molecule has 0 saturated heterocycles. The second-order valence-electron chi connectivity index (χ2n) is 6.94. The van der Waals surface area contributed by atoms with Crippen LogP contribution in [-0.2, 0) is 10.2 Å². The third-order valence-corrected chi connectivity index (χ3v) is 5.21. The van der Waals surface area contributed by atoms with Crippen molar-refractivity contribution in [3.8, 4) is 0 Å². The highest BCUT2D eigenvalue weighted by molar-refractivity contribution is 9.10. The van der Waals surface area contributed by atoms with Crippen molar-refractivity contribution in [2.75, 3.05) is 5.32 Å². The number of oxazole rings is 1. The molecule has 2 aromatic carbocycles. The maximum absolute atomic E-state index is 12.9. The molecule has 0 bridgehead atoms. The third-order valence-electron chi connectivity index (χ3n) is 4.72. The van der Waals surface area contributed by atoms with Crippen LogP contribution in [0.15, 0.2) is 51.4 Å². The van der Waals surface area contributed by atoms with Gasteiger partial charge in [-0.2, -0.15) is 0 Å². The van der Waals surface area contributed by atoms with E-state index in [1.807, 2.05) is 56.3 Å². The number of benzene rings is 2. The Morgan fingerprint density at radius 2 is 2.04 bits per heavy atom. The van der Waals surface area contributed by atoms with E-state index in [4.69, 9.17) is 4.42 Å². The molecular weight excluding hydrogens is 380 g/mol. The molecule has 1 aromatic heterocycles. The van der Waals surface area contributed by atoms with Crippen LogP contribution in [0.1, 0.15) is 44.1 Å². The second kappa shape index (κ2) is 5.99. The lowest BCUT2D eigenvalue weighted by Crippen LogP contribution is -2.27. The van der Waals surface area contributed by atoms with E-state index >= 15 is 0 Å². The molecule has 128 valence electrons. The smallest absolute Gasteiger partial charge is 0.235 e. The Morgan fingerprint density at radius 1 is 1.24 bits per heavy atom.